The minimum absolute atomic E-state index is 0.118. The van der Waals surface area contributed by atoms with Crippen LogP contribution in [0.4, 0.5) is 11.4 Å². The number of nitrogens with one attached hydrogen (secondary N) is 1. The van der Waals surface area contributed by atoms with Gasteiger partial charge in [-0.25, -0.2) is 0 Å². The fourth-order valence-corrected chi connectivity index (χ4v) is 2.35. The van der Waals surface area contributed by atoms with E-state index in [9.17, 15) is 10.1 Å². The van der Waals surface area contributed by atoms with E-state index in [0.717, 1.165) is 26.7 Å². The first-order valence-electron chi connectivity index (χ1n) is 6.63. The van der Waals surface area contributed by atoms with E-state index in [2.05, 4.69) is 27.3 Å². The Balaban J connectivity index is 2.24. The van der Waals surface area contributed by atoms with Gasteiger partial charge >= 0.3 is 0 Å². The molecule has 0 aromatic heterocycles. The SMILES string of the molecule is Cc1cc(NCc2ccc(Br)c(C)c2)c([N+](=O)[O-])cc1C. The van der Waals surface area contributed by atoms with Gasteiger partial charge in [-0.15, -0.1) is 0 Å². The second-order valence-electron chi connectivity index (χ2n) is 5.15. The summed E-state index contributed by atoms with van der Waals surface area (Å²) in [7, 11) is 0. The molecule has 5 heteroatoms. The molecule has 0 aliphatic heterocycles. The Bertz CT molecular complexity index is 699. The number of rotatable bonds is 4. The zero-order chi connectivity index (χ0) is 15.6. The van der Waals surface area contributed by atoms with Crippen LogP contribution in [0.5, 0.6) is 0 Å². The van der Waals surface area contributed by atoms with Crippen LogP contribution in [-0.2, 0) is 6.54 Å². The van der Waals surface area contributed by atoms with Crippen molar-refractivity contribution in [1.29, 1.82) is 0 Å². The Morgan fingerprint density at radius 2 is 1.76 bits per heavy atom. The molecule has 0 spiro atoms. The molecule has 0 bridgehead atoms. The van der Waals surface area contributed by atoms with Crippen molar-refractivity contribution in [1.82, 2.24) is 0 Å². The molecule has 0 saturated heterocycles. The summed E-state index contributed by atoms with van der Waals surface area (Å²) in [6.45, 7) is 6.40. The lowest BCUT2D eigenvalue weighted by atomic mass is 10.1. The number of nitrogens with zero attached hydrogens (tertiary/aromatic N) is 1. The van der Waals surface area contributed by atoms with E-state index in [1.165, 1.54) is 0 Å². The molecule has 0 atom stereocenters. The lowest BCUT2D eigenvalue weighted by molar-refractivity contribution is -0.384. The Hall–Kier alpha value is -1.88. The number of halogens is 1. The van der Waals surface area contributed by atoms with E-state index in [1.807, 2.05) is 39.0 Å². The molecule has 0 radical (unpaired) electrons. The fraction of sp³-hybridized carbons (Fsp3) is 0.250. The molecule has 0 fully saturated rings. The van der Waals surface area contributed by atoms with Crippen LogP contribution in [0, 0.1) is 30.9 Å². The highest BCUT2D eigenvalue weighted by Gasteiger charge is 2.15. The topological polar surface area (TPSA) is 55.2 Å². The zero-order valence-electron chi connectivity index (χ0n) is 12.2. The molecular formula is C16H17BrN2O2. The zero-order valence-corrected chi connectivity index (χ0v) is 13.8. The van der Waals surface area contributed by atoms with Crippen molar-refractivity contribution in [2.24, 2.45) is 0 Å². The summed E-state index contributed by atoms with van der Waals surface area (Å²) in [5.74, 6) is 0. The number of hydrogen-bond acceptors (Lipinski definition) is 3. The van der Waals surface area contributed by atoms with Crippen LogP contribution < -0.4 is 5.32 Å². The van der Waals surface area contributed by atoms with Crippen LogP contribution in [0.25, 0.3) is 0 Å². The maximum atomic E-state index is 11.2. The van der Waals surface area contributed by atoms with Crippen molar-refractivity contribution in [2.75, 3.05) is 5.32 Å². The van der Waals surface area contributed by atoms with E-state index in [0.29, 0.717) is 12.2 Å². The van der Waals surface area contributed by atoms with Gasteiger partial charge in [0.05, 0.1) is 4.92 Å². The highest BCUT2D eigenvalue weighted by molar-refractivity contribution is 9.10. The molecule has 0 saturated carbocycles. The van der Waals surface area contributed by atoms with Gasteiger partial charge in [0, 0.05) is 17.1 Å². The second-order valence-corrected chi connectivity index (χ2v) is 6.00. The number of anilines is 1. The van der Waals surface area contributed by atoms with Crippen molar-refractivity contribution in [3.63, 3.8) is 0 Å². The standard InChI is InChI=1S/C16H17BrN2O2/c1-10-7-15(16(19(20)21)8-11(10)2)18-9-13-4-5-14(17)12(3)6-13/h4-8,18H,9H2,1-3H3. The summed E-state index contributed by atoms with van der Waals surface area (Å²) >= 11 is 3.46. The molecule has 2 aromatic rings. The average molecular weight is 349 g/mol. The van der Waals surface area contributed by atoms with Crippen LogP contribution in [0.3, 0.4) is 0 Å². The van der Waals surface area contributed by atoms with Gasteiger partial charge in [-0.05, 0) is 55.2 Å². The number of nitro groups is 1. The molecule has 0 aliphatic carbocycles. The predicted octanol–water partition coefficient (Wildman–Crippen LogP) is 4.89. The third kappa shape index (κ3) is 3.61. The molecule has 4 nitrogen and oxygen atoms in total. The minimum atomic E-state index is -0.346. The van der Waals surface area contributed by atoms with E-state index < -0.39 is 0 Å². The first-order chi connectivity index (χ1) is 9.88. The Morgan fingerprint density at radius 3 is 2.38 bits per heavy atom. The summed E-state index contributed by atoms with van der Waals surface area (Å²) < 4.78 is 1.06. The van der Waals surface area contributed by atoms with Crippen LogP contribution in [0.2, 0.25) is 0 Å². The van der Waals surface area contributed by atoms with Crippen molar-refractivity contribution in [2.45, 2.75) is 27.3 Å². The van der Waals surface area contributed by atoms with Gasteiger partial charge in [0.1, 0.15) is 5.69 Å². The summed E-state index contributed by atoms with van der Waals surface area (Å²) in [5.41, 5.74) is 4.87. The summed E-state index contributed by atoms with van der Waals surface area (Å²) in [6, 6.07) is 9.49. The normalized spacial score (nSPS) is 10.5. The van der Waals surface area contributed by atoms with Gasteiger partial charge in [0.2, 0.25) is 0 Å². The smallest absolute Gasteiger partial charge is 0.292 e. The maximum absolute atomic E-state index is 11.2. The number of aryl methyl sites for hydroxylation is 3. The Morgan fingerprint density at radius 1 is 1.10 bits per heavy atom. The first-order valence-corrected chi connectivity index (χ1v) is 7.42. The van der Waals surface area contributed by atoms with E-state index in [4.69, 9.17) is 0 Å². The van der Waals surface area contributed by atoms with Gasteiger partial charge in [-0.2, -0.15) is 0 Å². The molecule has 2 rings (SSSR count). The lowest BCUT2D eigenvalue weighted by Gasteiger charge is -2.10. The maximum Gasteiger partial charge on any atom is 0.292 e. The van der Waals surface area contributed by atoms with Crippen LogP contribution >= 0.6 is 15.9 Å². The quantitative estimate of drug-likeness (QED) is 0.631. The second kappa shape index (κ2) is 6.26. The molecular weight excluding hydrogens is 332 g/mol. The molecule has 0 heterocycles. The Labute approximate surface area is 132 Å². The van der Waals surface area contributed by atoms with Crippen molar-refractivity contribution in [3.05, 3.63) is 67.2 Å². The van der Waals surface area contributed by atoms with Crippen molar-refractivity contribution >= 4 is 27.3 Å². The third-order valence-corrected chi connectivity index (χ3v) is 4.40. The van der Waals surface area contributed by atoms with E-state index >= 15 is 0 Å². The minimum Gasteiger partial charge on any atom is -0.375 e. The predicted molar refractivity (Wildman–Crippen MR) is 88.8 cm³/mol. The Kier molecular flexibility index (Phi) is 4.63. The average Bonchev–Trinajstić information content (AvgIpc) is 2.43. The molecule has 1 N–H and O–H groups in total. The molecule has 2 aromatic carbocycles. The number of nitro benzene ring substituents is 1. The third-order valence-electron chi connectivity index (χ3n) is 3.51. The molecule has 0 unspecified atom stereocenters. The van der Waals surface area contributed by atoms with Gasteiger partial charge in [-0.3, -0.25) is 10.1 Å². The molecule has 0 aliphatic rings. The summed E-state index contributed by atoms with van der Waals surface area (Å²) in [4.78, 5) is 10.8. The first kappa shape index (κ1) is 15.5. The lowest BCUT2D eigenvalue weighted by Crippen LogP contribution is -2.04. The van der Waals surface area contributed by atoms with Crippen LogP contribution in [-0.4, -0.2) is 4.92 Å². The van der Waals surface area contributed by atoms with E-state index in [1.54, 1.807) is 6.07 Å². The van der Waals surface area contributed by atoms with Crippen molar-refractivity contribution in [3.8, 4) is 0 Å². The fourth-order valence-electron chi connectivity index (χ4n) is 2.11. The molecule has 21 heavy (non-hydrogen) atoms. The van der Waals surface area contributed by atoms with Gasteiger partial charge in [-0.1, -0.05) is 28.1 Å². The van der Waals surface area contributed by atoms with Gasteiger partial charge in [0.25, 0.3) is 5.69 Å². The van der Waals surface area contributed by atoms with Gasteiger partial charge < -0.3 is 5.32 Å². The summed E-state index contributed by atoms with van der Waals surface area (Å²) in [5, 5.41) is 14.3. The molecule has 110 valence electrons. The number of benzene rings is 2. The molecule has 0 amide bonds. The van der Waals surface area contributed by atoms with Crippen molar-refractivity contribution < 1.29 is 4.92 Å². The van der Waals surface area contributed by atoms with E-state index in [-0.39, 0.29) is 10.6 Å². The summed E-state index contributed by atoms with van der Waals surface area (Å²) in [6.07, 6.45) is 0. The largest absolute Gasteiger partial charge is 0.375 e. The van der Waals surface area contributed by atoms with Crippen LogP contribution in [0.1, 0.15) is 22.3 Å². The number of hydrogen-bond donors (Lipinski definition) is 1. The highest BCUT2D eigenvalue weighted by atomic mass is 79.9. The van der Waals surface area contributed by atoms with Crippen LogP contribution in [0.15, 0.2) is 34.8 Å². The highest BCUT2D eigenvalue weighted by Crippen LogP contribution is 2.28. The monoisotopic (exact) mass is 348 g/mol. The van der Waals surface area contributed by atoms with Gasteiger partial charge in [0.15, 0.2) is 0 Å².